The second kappa shape index (κ2) is 7.28. The fourth-order valence-corrected chi connectivity index (χ4v) is 3.92. The third-order valence-electron chi connectivity index (χ3n) is 4.36. The van der Waals surface area contributed by atoms with E-state index in [-0.39, 0.29) is 30.3 Å². The number of benzene rings is 2. The number of nitrogens with zero attached hydrogens (tertiary/aromatic N) is 5. The van der Waals surface area contributed by atoms with E-state index < -0.39 is 9.85 Å². The summed E-state index contributed by atoms with van der Waals surface area (Å²) < 4.78 is 1.89. The van der Waals surface area contributed by atoms with E-state index in [0.29, 0.717) is 20.6 Å². The summed E-state index contributed by atoms with van der Waals surface area (Å²) >= 11 is 1.20. The van der Waals surface area contributed by atoms with Gasteiger partial charge in [-0.25, -0.2) is 4.99 Å². The van der Waals surface area contributed by atoms with Crippen molar-refractivity contribution in [1.29, 1.82) is 0 Å². The van der Waals surface area contributed by atoms with Gasteiger partial charge >= 0.3 is 0 Å². The second-order valence-electron chi connectivity index (χ2n) is 6.24. The highest BCUT2D eigenvalue weighted by molar-refractivity contribution is 7.07. The van der Waals surface area contributed by atoms with Crippen LogP contribution >= 0.6 is 11.3 Å². The minimum Gasteiger partial charge on any atom is -0.333 e. The van der Waals surface area contributed by atoms with Crippen molar-refractivity contribution in [2.75, 3.05) is 11.6 Å². The Bertz CT molecular complexity index is 1310. The summed E-state index contributed by atoms with van der Waals surface area (Å²) in [5, 5.41) is 21.9. The fraction of sp³-hybridized carbons (Fsp3) is 0.111. The molecule has 1 aliphatic rings. The van der Waals surface area contributed by atoms with E-state index in [1.165, 1.54) is 40.2 Å². The van der Waals surface area contributed by atoms with E-state index in [9.17, 15) is 25.0 Å². The number of anilines is 1. The molecule has 0 aliphatic carbocycles. The molecule has 3 aromatic rings. The first-order chi connectivity index (χ1) is 13.9. The van der Waals surface area contributed by atoms with Gasteiger partial charge in [-0.1, -0.05) is 29.5 Å². The number of nitro groups is 2. The Morgan fingerprint density at radius 3 is 2.45 bits per heavy atom. The molecule has 29 heavy (non-hydrogen) atoms. The lowest BCUT2D eigenvalue weighted by atomic mass is 10.2. The quantitative estimate of drug-likeness (QED) is 0.475. The Labute approximate surface area is 166 Å². The maximum atomic E-state index is 12.8. The van der Waals surface area contributed by atoms with Crippen LogP contribution in [0.3, 0.4) is 0 Å². The number of hydrogen-bond donors (Lipinski definition) is 0. The van der Waals surface area contributed by atoms with Crippen molar-refractivity contribution in [3.8, 4) is 0 Å². The van der Waals surface area contributed by atoms with Crippen molar-refractivity contribution in [3.63, 3.8) is 0 Å². The lowest BCUT2D eigenvalue weighted by Gasteiger charge is -2.25. The van der Waals surface area contributed by atoms with Gasteiger partial charge in [0.25, 0.3) is 16.9 Å². The number of non-ortho nitro benzene ring substituents is 2. The number of fused-ring (bicyclic) bond motifs is 1. The highest BCUT2D eigenvalue weighted by Crippen LogP contribution is 2.22. The van der Waals surface area contributed by atoms with Crippen molar-refractivity contribution < 1.29 is 9.85 Å². The third kappa shape index (κ3) is 3.62. The molecule has 0 fully saturated rings. The maximum Gasteiger partial charge on any atom is 0.271 e. The molecular formula is C18H13N5O5S. The average molecular weight is 411 g/mol. The largest absolute Gasteiger partial charge is 0.333 e. The Morgan fingerprint density at radius 1 is 1.03 bits per heavy atom. The fourth-order valence-electron chi connectivity index (χ4n) is 2.96. The average Bonchev–Trinajstić information content (AvgIpc) is 3.03. The zero-order valence-electron chi connectivity index (χ0n) is 14.8. The minimum atomic E-state index is -0.490. The van der Waals surface area contributed by atoms with Gasteiger partial charge in [-0.15, -0.1) is 0 Å². The summed E-state index contributed by atoms with van der Waals surface area (Å²) in [6.45, 7) is 0.468. The molecule has 0 N–H and O–H groups in total. The molecule has 2 aromatic carbocycles. The van der Waals surface area contributed by atoms with E-state index in [1.807, 2.05) is 0 Å². The van der Waals surface area contributed by atoms with Crippen LogP contribution in [0, 0.1) is 20.2 Å². The highest BCUT2D eigenvalue weighted by Gasteiger charge is 2.18. The van der Waals surface area contributed by atoms with Crippen molar-refractivity contribution in [1.82, 2.24) is 4.57 Å². The molecule has 0 radical (unpaired) electrons. The molecule has 146 valence electrons. The molecule has 2 heterocycles. The summed E-state index contributed by atoms with van der Waals surface area (Å²) in [5.74, 6) is 0. The van der Waals surface area contributed by atoms with Crippen LogP contribution in [0.4, 0.5) is 17.1 Å². The Hall–Kier alpha value is -3.86. The molecule has 0 bridgehead atoms. The van der Waals surface area contributed by atoms with Crippen LogP contribution in [0.2, 0.25) is 0 Å². The zero-order valence-corrected chi connectivity index (χ0v) is 15.6. The smallest absolute Gasteiger partial charge is 0.271 e. The lowest BCUT2D eigenvalue weighted by Crippen LogP contribution is -2.42. The van der Waals surface area contributed by atoms with Gasteiger partial charge in [-0.2, -0.15) is 0 Å². The van der Waals surface area contributed by atoms with E-state index in [2.05, 4.69) is 4.99 Å². The standard InChI is InChI=1S/C18H13N5O5S/c24-17-16(8-12-3-1-5-14(7-12)22(25)26)29-18-19-10-20(11-21(17)18)13-4-2-6-15(9-13)23(27)28/h1-9H,10-11H2/b16-8-. The molecule has 4 rings (SSSR count). The monoisotopic (exact) mass is 411 g/mol. The molecule has 10 nitrogen and oxygen atoms in total. The normalized spacial score (nSPS) is 13.7. The van der Waals surface area contributed by atoms with Gasteiger partial charge in [0.05, 0.1) is 14.4 Å². The highest BCUT2D eigenvalue weighted by atomic mass is 32.1. The van der Waals surface area contributed by atoms with Gasteiger partial charge in [0.2, 0.25) is 0 Å². The molecule has 0 unspecified atom stereocenters. The molecule has 0 atom stereocenters. The number of aromatic nitrogens is 1. The summed E-state index contributed by atoms with van der Waals surface area (Å²) in [5.41, 5.74) is 0.782. The molecule has 1 aromatic heterocycles. The minimum absolute atomic E-state index is 0.0364. The van der Waals surface area contributed by atoms with Crippen LogP contribution in [0.15, 0.2) is 58.3 Å². The molecule has 0 spiro atoms. The second-order valence-corrected chi connectivity index (χ2v) is 7.25. The molecule has 11 heteroatoms. The van der Waals surface area contributed by atoms with Crippen molar-refractivity contribution >= 4 is 34.5 Å². The first kappa shape index (κ1) is 18.5. The number of rotatable bonds is 4. The topological polar surface area (TPSA) is 124 Å². The summed E-state index contributed by atoms with van der Waals surface area (Å²) in [6, 6.07) is 12.2. The van der Waals surface area contributed by atoms with E-state index in [1.54, 1.807) is 35.2 Å². The van der Waals surface area contributed by atoms with Crippen LogP contribution in [0.5, 0.6) is 0 Å². The van der Waals surface area contributed by atoms with Crippen molar-refractivity contribution in [3.05, 3.63) is 94.0 Å². The molecule has 0 saturated heterocycles. The van der Waals surface area contributed by atoms with E-state index in [4.69, 9.17) is 0 Å². The van der Waals surface area contributed by atoms with Gasteiger partial charge < -0.3 is 4.90 Å². The SMILES string of the molecule is O=c1/c(=C/c2cccc([N+](=O)[O-])c2)sc2n1CN(c1cccc([N+](=O)[O-])c1)CN=2. The summed E-state index contributed by atoms with van der Waals surface area (Å²) in [6.07, 6.45) is 1.60. The Kier molecular flexibility index (Phi) is 4.64. The van der Waals surface area contributed by atoms with Gasteiger partial charge in [0.1, 0.15) is 13.3 Å². The van der Waals surface area contributed by atoms with E-state index >= 15 is 0 Å². The predicted octanol–water partition coefficient (Wildman–Crippen LogP) is 1.61. The Morgan fingerprint density at radius 2 is 1.72 bits per heavy atom. The van der Waals surface area contributed by atoms with Crippen molar-refractivity contribution in [2.24, 2.45) is 4.99 Å². The van der Waals surface area contributed by atoms with Crippen LogP contribution in [0.1, 0.15) is 5.56 Å². The zero-order chi connectivity index (χ0) is 20.5. The van der Waals surface area contributed by atoms with Crippen LogP contribution in [0.25, 0.3) is 6.08 Å². The van der Waals surface area contributed by atoms with Crippen LogP contribution < -0.4 is 19.8 Å². The summed E-state index contributed by atoms with van der Waals surface area (Å²) in [4.78, 5) is 40.5. The molecule has 1 aliphatic heterocycles. The van der Waals surface area contributed by atoms with Gasteiger partial charge in [0.15, 0.2) is 4.80 Å². The third-order valence-corrected chi connectivity index (χ3v) is 5.41. The predicted molar refractivity (Wildman–Crippen MR) is 106 cm³/mol. The molecular weight excluding hydrogens is 398 g/mol. The van der Waals surface area contributed by atoms with Gasteiger partial charge in [-0.3, -0.25) is 29.6 Å². The van der Waals surface area contributed by atoms with E-state index in [0.717, 1.165) is 0 Å². The molecule has 0 saturated carbocycles. The Balaban J connectivity index is 1.69. The van der Waals surface area contributed by atoms with Crippen LogP contribution in [-0.4, -0.2) is 21.1 Å². The van der Waals surface area contributed by atoms with Gasteiger partial charge in [-0.05, 0) is 17.7 Å². The van der Waals surface area contributed by atoms with Gasteiger partial charge in [0, 0.05) is 30.0 Å². The lowest BCUT2D eigenvalue weighted by molar-refractivity contribution is -0.385. The first-order valence-electron chi connectivity index (χ1n) is 8.42. The number of hydrogen-bond acceptors (Lipinski definition) is 8. The number of nitro benzene ring substituents is 2. The molecule has 0 amide bonds. The summed E-state index contributed by atoms with van der Waals surface area (Å²) in [7, 11) is 0. The first-order valence-corrected chi connectivity index (χ1v) is 9.24. The van der Waals surface area contributed by atoms with Crippen molar-refractivity contribution in [2.45, 2.75) is 6.67 Å². The maximum absolute atomic E-state index is 12.8. The number of thiazole rings is 1. The van der Waals surface area contributed by atoms with Crippen LogP contribution in [-0.2, 0) is 6.67 Å².